The lowest BCUT2D eigenvalue weighted by Gasteiger charge is -2.20. The number of hydrogen-bond acceptors (Lipinski definition) is 3. The van der Waals surface area contributed by atoms with Crippen LogP contribution in [0.4, 0.5) is 0 Å². The Morgan fingerprint density at radius 1 is 1.39 bits per heavy atom. The summed E-state index contributed by atoms with van der Waals surface area (Å²) in [5.41, 5.74) is 0.0311. The van der Waals surface area contributed by atoms with Crippen molar-refractivity contribution in [1.29, 1.82) is 0 Å². The Balaban J connectivity index is 2.10. The van der Waals surface area contributed by atoms with Crippen LogP contribution in [0.2, 0.25) is 0 Å². The summed E-state index contributed by atoms with van der Waals surface area (Å²) in [4.78, 5) is 13.6. The van der Waals surface area contributed by atoms with Gasteiger partial charge in [0.15, 0.2) is 0 Å². The van der Waals surface area contributed by atoms with Crippen LogP contribution in [-0.2, 0) is 9.53 Å². The first kappa shape index (κ1) is 15.4. The van der Waals surface area contributed by atoms with Crippen molar-refractivity contribution in [2.45, 2.75) is 58.7 Å². The second-order valence-electron chi connectivity index (χ2n) is 5.56. The summed E-state index contributed by atoms with van der Waals surface area (Å²) in [7, 11) is 0. The Morgan fingerprint density at radius 2 is 2.06 bits per heavy atom. The SMILES string of the molecule is CCN(CC)C(=O)CCNCC1CCC(C)(C)O1. The quantitative estimate of drug-likeness (QED) is 0.706. The zero-order valence-electron chi connectivity index (χ0n) is 12.3. The Hall–Kier alpha value is -0.610. The molecular weight excluding hydrogens is 228 g/mol. The standard InChI is InChI=1S/C14H28N2O2/c1-5-16(6-2)13(17)8-10-15-11-12-7-9-14(3,4)18-12/h12,15H,5-11H2,1-4H3. The molecule has 4 nitrogen and oxygen atoms in total. The molecule has 18 heavy (non-hydrogen) atoms. The van der Waals surface area contributed by atoms with E-state index >= 15 is 0 Å². The maximum absolute atomic E-state index is 11.8. The molecule has 1 unspecified atom stereocenters. The van der Waals surface area contributed by atoms with E-state index in [1.807, 2.05) is 18.7 Å². The fourth-order valence-corrected chi connectivity index (χ4v) is 2.41. The van der Waals surface area contributed by atoms with Crippen LogP contribution in [0.5, 0.6) is 0 Å². The van der Waals surface area contributed by atoms with Crippen molar-refractivity contribution < 1.29 is 9.53 Å². The highest BCUT2D eigenvalue weighted by Crippen LogP contribution is 2.28. The van der Waals surface area contributed by atoms with Crippen LogP contribution in [0.15, 0.2) is 0 Å². The van der Waals surface area contributed by atoms with E-state index in [1.165, 1.54) is 0 Å². The minimum absolute atomic E-state index is 0.0311. The molecule has 0 aliphatic carbocycles. The molecule has 0 saturated carbocycles. The Labute approximate surface area is 111 Å². The number of carbonyl (C=O) groups excluding carboxylic acids is 1. The van der Waals surface area contributed by atoms with E-state index < -0.39 is 0 Å². The zero-order valence-corrected chi connectivity index (χ0v) is 12.3. The highest BCUT2D eigenvalue weighted by Gasteiger charge is 2.31. The average molecular weight is 256 g/mol. The van der Waals surface area contributed by atoms with E-state index in [0.29, 0.717) is 12.5 Å². The summed E-state index contributed by atoms with van der Waals surface area (Å²) < 4.78 is 5.89. The van der Waals surface area contributed by atoms with Crippen LogP contribution in [0, 0.1) is 0 Å². The van der Waals surface area contributed by atoms with Gasteiger partial charge in [0, 0.05) is 32.6 Å². The molecule has 0 spiro atoms. The lowest BCUT2D eigenvalue weighted by atomic mass is 10.1. The van der Waals surface area contributed by atoms with E-state index in [4.69, 9.17) is 4.74 Å². The first-order valence-electron chi connectivity index (χ1n) is 7.14. The second kappa shape index (κ2) is 7.10. The molecule has 106 valence electrons. The van der Waals surface area contributed by atoms with Gasteiger partial charge in [-0.15, -0.1) is 0 Å². The van der Waals surface area contributed by atoms with Crippen molar-refractivity contribution in [1.82, 2.24) is 10.2 Å². The van der Waals surface area contributed by atoms with E-state index in [1.54, 1.807) is 0 Å². The fourth-order valence-electron chi connectivity index (χ4n) is 2.41. The van der Waals surface area contributed by atoms with Gasteiger partial charge in [-0.2, -0.15) is 0 Å². The van der Waals surface area contributed by atoms with Crippen molar-refractivity contribution in [2.75, 3.05) is 26.2 Å². The number of ether oxygens (including phenoxy) is 1. The van der Waals surface area contributed by atoms with Crippen molar-refractivity contribution in [3.05, 3.63) is 0 Å². The Kier molecular flexibility index (Phi) is 6.09. The number of nitrogens with zero attached hydrogens (tertiary/aromatic N) is 1. The lowest BCUT2D eigenvalue weighted by Crippen LogP contribution is -2.35. The molecule has 1 heterocycles. The molecule has 4 heteroatoms. The third kappa shape index (κ3) is 4.94. The summed E-state index contributed by atoms with van der Waals surface area (Å²) in [5, 5.41) is 3.33. The van der Waals surface area contributed by atoms with E-state index in [2.05, 4.69) is 19.2 Å². The molecule has 1 amide bonds. The summed E-state index contributed by atoms with van der Waals surface area (Å²) in [6.07, 6.45) is 3.13. The summed E-state index contributed by atoms with van der Waals surface area (Å²) in [5.74, 6) is 0.236. The predicted molar refractivity (Wildman–Crippen MR) is 73.6 cm³/mol. The van der Waals surface area contributed by atoms with Gasteiger partial charge in [-0.3, -0.25) is 4.79 Å². The highest BCUT2D eigenvalue weighted by atomic mass is 16.5. The van der Waals surface area contributed by atoms with Gasteiger partial charge in [0.1, 0.15) is 0 Å². The topological polar surface area (TPSA) is 41.6 Å². The molecule has 0 radical (unpaired) electrons. The minimum atomic E-state index is 0.0311. The first-order chi connectivity index (χ1) is 8.48. The van der Waals surface area contributed by atoms with Crippen molar-refractivity contribution in [2.24, 2.45) is 0 Å². The summed E-state index contributed by atoms with van der Waals surface area (Å²) >= 11 is 0. The Bertz CT molecular complexity index is 263. The maximum Gasteiger partial charge on any atom is 0.223 e. The molecule has 1 aliphatic rings. The largest absolute Gasteiger partial charge is 0.371 e. The molecule has 0 aromatic rings. The number of rotatable bonds is 7. The number of carbonyl (C=O) groups is 1. The number of hydrogen-bond donors (Lipinski definition) is 1. The molecule has 1 N–H and O–H groups in total. The van der Waals surface area contributed by atoms with Gasteiger partial charge in [0.05, 0.1) is 11.7 Å². The molecule has 1 saturated heterocycles. The molecule has 1 rings (SSSR count). The van der Waals surface area contributed by atoms with Crippen LogP contribution in [0.1, 0.15) is 47.0 Å². The van der Waals surface area contributed by atoms with Gasteiger partial charge in [0.25, 0.3) is 0 Å². The van der Waals surface area contributed by atoms with Gasteiger partial charge >= 0.3 is 0 Å². The predicted octanol–water partition coefficient (Wildman–Crippen LogP) is 1.79. The normalized spacial score (nSPS) is 22.1. The van der Waals surface area contributed by atoms with Crippen molar-refractivity contribution in [3.63, 3.8) is 0 Å². The van der Waals surface area contributed by atoms with Gasteiger partial charge in [-0.25, -0.2) is 0 Å². The van der Waals surface area contributed by atoms with E-state index in [9.17, 15) is 4.79 Å². The zero-order chi connectivity index (χ0) is 13.6. The molecule has 1 fully saturated rings. The third-order valence-electron chi connectivity index (χ3n) is 3.56. The average Bonchev–Trinajstić information content (AvgIpc) is 2.66. The molecule has 0 aromatic carbocycles. The van der Waals surface area contributed by atoms with E-state index in [0.717, 1.165) is 39.0 Å². The highest BCUT2D eigenvalue weighted by molar-refractivity contribution is 5.76. The summed E-state index contributed by atoms with van der Waals surface area (Å²) in [6.45, 7) is 11.5. The molecular formula is C14H28N2O2. The third-order valence-corrected chi connectivity index (χ3v) is 3.56. The minimum Gasteiger partial charge on any atom is -0.371 e. The number of nitrogens with one attached hydrogen (secondary N) is 1. The van der Waals surface area contributed by atoms with Crippen LogP contribution in [0.3, 0.4) is 0 Å². The van der Waals surface area contributed by atoms with Gasteiger partial charge in [-0.1, -0.05) is 0 Å². The van der Waals surface area contributed by atoms with Gasteiger partial charge in [0.2, 0.25) is 5.91 Å². The smallest absolute Gasteiger partial charge is 0.223 e. The van der Waals surface area contributed by atoms with Crippen LogP contribution in [0.25, 0.3) is 0 Å². The van der Waals surface area contributed by atoms with Crippen molar-refractivity contribution in [3.8, 4) is 0 Å². The maximum atomic E-state index is 11.8. The van der Waals surface area contributed by atoms with Crippen LogP contribution >= 0.6 is 0 Å². The van der Waals surface area contributed by atoms with Crippen molar-refractivity contribution >= 4 is 5.91 Å². The summed E-state index contributed by atoms with van der Waals surface area (Å²) in [6, 6.07) is 0. The molecule has 1 aliphatic heterocycles. The van der Waals surface area contributed by atoms with Gasteiger partial charge < -0.3 is 15.0 Å². The lowest BCUT2D eigenvalue weighted by molar-refractivity contribution is -0.130. The van der Waals surface area contributed by atoms with Gasteiger partial charge in [-0.05, 0) is 40.5 Å². The fraction of sp³-hybridized carbons (Fsp3) is 0.929. The van der Waals surface area contributed by atoms with E-state index in [-0.39, 0.29) is 11.5 Å². The molecule has 1 atom stereocenters. The first-order valence-corrected chi connectivity index (χ1v) is 7.14. The van der Waals surface area contributed by atoms with Crippen LogP contribution in [-0.4, -0.2) is 48.7 Å². The monoisotopic (exact) mass is 256 g/mol. The number of amides is 1. The van der Waals surface area contributed by atoms with Crippen LogP contribution < -0.4 is 5.32 Å². The Morgan fingerprint density at radius 3 is 2.56 bits per heavy atom. The molecule has 0 bridgehead atoms. The molecule has 0 aromatic heterocycles. The second-order valence-corrected chi connectivity index (χ2v) is 5.56.